The van der Waals surface area contributed by atoms with Crippen LogP contribution in [-0.4, -0.2) is 61.0 Å². The fourth-order valence-electron chi connectivity index (χ4n) is 2.56. The summed E-state index contributed by atoms with van der Waals surface area (Å²) in [6.45, 7) is 10.4. The van der Waals surface area contributed by atoms with E-state index >= 15 is 0 Å². The van der Waals surface area contributed by atoms with Gasteiger partial charge in [-0.1, -0.05) is 6.92 Å². The standard InChI is InChI=1S/C12H23N3O/c1-3-14-4-5-15(9-10(14)2)12(16)6-11-7-13-8-11/h10-11,13H,3-9H2,1-2H3. The lowest BCUT2D eigenvalue weighted by Crippen LogP contribution is -2.54. The summed E-state index contributed by atoms with van der Waals surface area (Å²) in [5.74, 6) is 0.945. The third-order valence-electron chi connectivity index (χ3n) is 3.85. The molecule has 2 aliphatic rings. The van der Waals surface area contributed by atoms with Crippen molar-refractivity contribution in [3.63, 3.8) is 0 Å². The topological polar surface area (TPSA) is 35.6 Å². The largest absolute Gasteiger partial charge is 0.340 e. The van der Waals surface area contributed by atoms with Gasteiger partial charge in [-0.3, -0.25) is 9.69 Å². The van der Waals surface area contributed by atoms with Crippen molar-refractivity contribution >= 4 is 5.91 Å². The van der Waals surface area contributed by atoms with Gasteiger partial charge in [0.15, 0.2) is 0 Å². The molecule has 0 saturated carbocycles. The Bertz CT molecular complexity index is 253. The number of carbonyl (C=O) groups is 1. The van der Waals surface area contributed by atoms with Gasteiger partial charge < -0.3 is 10.2 Å². The van der Waals surface area contributed by atoms with E-state index in [-0.39, 0.29) is 0 Å². The molecule has 0 aromatic carbocycles. The van der Waals surface area contributed by atoms with Crippen LogP contribution < -0.4 is 5.32 Å². The molecule has 1 atom stereocenters. The molecular weight excluding hydrogens is 202 g/mol. The van der Waals surface area contributed by atoms with Crippen LogP contribution in [0.15, 0.2) is 0 Å². The average Bonchev–Trinajstić information content (AvgIpc) is 2.23. The smallest absolute Gasteiger partial charge is 0.223 e. The Morgan fingerprint density at radius 1 is 1.38 bits per heavy atom. The molecule has 4 heteroatoms. The van der Waals surface area contributed by atoms with Crippen LogP contribution in [0.1, 0.15) is 20.3 Å². The van der Waals surface area contributed by atoms with Crippen molar-refractivity contribution in [2.45, 2.75) is 26.3 Å². The maximum Gasteiger partial charge on any atom is 0.223 e. The average molecular weight is 225 g/mol. The van der Waals surface area contributed by atoms with Crippen molar-refractivity contribution < 1.29 is 4.79 Å². The molecule has 1 amide bonds. The van der Waals surface area contributed by atoms with Crippen LogP contribution >= 0.6 is 0 Å². The number of piperazine rings is 1. The number of nitrogens with zero attached hydrogens (tertiary/aromatic N) is 2. The van der Waals surface area contributed by atoms with E-state index in [2.05, 4.69) is 29.0 Å². The molecule has 1 unspecified atom stereocenters. The van der Waals surface area contributed by atoms with Gasteiger partial charge in [0.1, 0.15) is 0 Å². The number of nitrogens with one attached hydrogen (secondary N) is 1. The first-order chi connectivity index (χ1) is 7.70. The Kier molecular flexibility index (Phi) is 3.82. The van der Waals surface area contributed by atoms with E-state index in [4.69, 9.17) is 0 Å². The molecule has 0 bridgehead atoms. The molecule has 1 N–H and O–H groups in total. The number of amides is 1. The first-order valence-corrected chi connectivity index (χ1v) is 6.43. The zero-order valence-electron chi connectivity index (χ0n) is 10.4. The third-order valence-corrected chi connectivity index (χ3v) is 3.85. The molecule has 16 heavy (non-hydrogen) atoms. The second-order valence-corrected chi connectivity index (χ2v) is 5.05. The zero-order valence-corrected chi connectivity index (χ0v) is 10.4. The van der Waals surface area contributed by atoms with Gasteiger partial charge in [0.25, 0.3) is 0 Å². The predicted molar refractivity (Wildman–Crippen MR) is 64.3 cm³/mol. The van der Waals surface area contributed by atoms with Crippen LogP contribution in [0.3, 0.4) is 0 Å². The van der Waals surface area contributed by atoms with Gasteiger partial charge in [0.2, 0.25) is 5.91 Å². The summed E-state index contributed by atoms with van der Waals surface area (Å²) in [7, 11) is 0. The summed E-state index contributed by atoms with van der Waals surface area (Å²) in [5, 5.41) is 3.22. The van der Waals surface area contributed by atoms with Crippen LogP contribution in [0.25, 0.3) is 0 Å². The van der Waals surface area contributed by atoms with E-state index in [9.17, 15) is 4.79 Å². The molecule has 2 aliphatic heterocycles. The van der Waals surface area contributed by atoms with Crippen molar-refractivity contribution in [2.75, 3.05) is 39.3 Å². The molecule has 0 radical (unpaired) electrons. The minimum Gasteiger partial charge on any atom is -0.340 e. The van der Waals surface area contributed by atoms with Gasteiger partial charge in [-0.2, -0.15) is 0 Å². The van der Waals surface area contributed by atoms with Crippen molar-refractivity contribution in [3.8, 4) is 0 Å². The van der Waals surface area contributed by atoms with Crippen LogP contribution in [0.2, 0.25) is 0 Å². The minimum atomic E-state index is 0.356. The summed E-state index contributed by atoms with van der Waals surface area (Å²) in [5.41, 5.74) is 0. The summed E-state index contributed by atoms with van der Waals surface area (Å²) < 4.78 is 0. The molecule has 0 spiro atoms. The molecule has 2 saturated heterocycles. The van der Waals surface area contributed by atoms with Gasteiger partial charge >= 0.3 is 0 Å². The molecule has 2 heterocycles. The summed E-state index contributed by atoms with van der Waals surface area (Å²) >= 11 is 0. The van der Waals surface area contributed by atoms with Gasteiger partial charge in [0, 0.05) is 32.1 Å². The van der Waals surface area contributed by atoms with Crippen LogP contribution in [0.5, 0.6) is 0 Å². The van der Waals surface area contributed by atoms with Crippen LogP contribution in [-0.2, 0) is 4.79 Å². The molecule has 0 aromatic rings. The molecule has 0 aromatic heterocycles. The molecule has 92 valence electrons. The van der Waals surface area contributed by atoms with Crippen molar-refractivity contribution in [2.24, 2.45) is 5.92 Å². The Morgan fingerprint density at radius 2 is 2.12 bits per heavy atom. The molecule has 4 nitrogen and oxygen atoms in total. The van der Waals surface area contributed by atoms with Crippen molar-refractivity contribution in [1.82, 2.24) is 15.1 Å². The molecular formula is C12H23N3O. The highest BCUT2D eigenvalue weighted by Gasteiger charge is 2.28. The van der Waals surface area contributed by atoms with E-state index in [0.717, 1.165) is 45.7 Å². The van der Waals surface area contributed by atoms with Gasteiger partial charge in [-0.15, -0.1) is 0 Å². The first-order valence-electron chi connectivity index (χ1n) is 6.43. The number of hydrogen-bond donors (Lipinski definition) is 1. The first kappa shape index (κ1) is 11.9. The SMILES string of the molecule is CCN1CCN(C(=O)CC2CNC2)CC1C. The Balaban J connectivity index is 1.79. The maximum atomic E-state index is 12.0. The van der Waals surface area contributed by atoms with E-state index in [1.165, 1.54) is 0 Å². The number of likely N-dealkylation sites (N-methyl/N-ethyl adjacent to an activating group) is 1. The normalized spacial score (nSPS) is 27.9. The van der Waals surface area contributed by atoms with E-state index < -0.39 is 0 Å². The predicted octanol–water partition coefficient (Wildman–Crippen LogP) is 0.149. The van der Waals surface area contributed by atoms with E-state index in [1.54, 1.807) is 0 Å². The summed E-state index contributed by atoms with van der Waals surface area (Å²) in [4.78, 5) is 16.5. The fraction of sp³-hybridized carbons (Fsp3) is 0.917. The number of rotatable bonds is 3. The highest BCUT2D eigenvalue weighted by molar-refractivity contribution is 5.76. The van der Waals surface area contributed by atoms with Crippen molar-refractivity contribution in [1.29, 1.82) is 0 Å². The summed E-state index contributed by atoms with van der Waals surface area (Å²) in [6.07, 6.45) is 0.742. The third kappa shape index (κ3) is 2.55. The Hall–Kier alpha value is -0.610. The zero-order chi connectivity index (χ0) is 11.5. The highest BCUT2D eigenvalue weighted by atomic mass is 16.2. The van der Waals surface area contributed by atoms with Crippen molar-refractivity contribution in [3.05, 3.63) is 0 Å². The van der Waals surface area contributed by atoms with Crippen LogP contribution in [0, 0.1) is 5.92 Å². The second kappa shape index (κ2) is 5.15. The highest BCUT2D eigenvalue weighted by Crippen LogP contribution is 2.14. The lowest BCUT2D eigenvalue weighted by Gasteiger charge is -2.40. The maximum absolute atomic E-state index is 12.0. The lowest BCUT2D eigenvalue weighted by atomic mass is 9.98. The molecule has 2 rings (SSSR count). The minimum absolute atomic E-state index is 0.356. The Labute approximate surface area is 98.0 Å². The van der Waals surface area contributed by atoms with Gasteiger partial charge in [-0.25, -0.2) is 0 Å². The monoisotopic (exact) mass is 225 g/mol. The second-order valence-electron chi connectivity index (χ2n) is 5.05. The van der Waals surface area contributed by atoms with E-state index in [1.807, 2.05) is 0 Å². The number of hydrogen-bond acceptors (Lipinski definition) is 3. The van der Waals surface area contributed by atoms with E-state index in [0.29, 0.717) is 17.9 Å². The quantitative estimate of drug-likeness (QED) is 0.742. The fourth-order valence-corrected chi connectivity index (χ4v) is 2.56. The molecule has 0 aliphatic carbocycles. The molecule has 2 fully saturated rings. The Morgan fingerprint density at radius 3 is 2.62 bits per heavy atom. The van der Waals surface area contributed by atoms with Crippen LogP contribution in [0.4, 0.5) is 0 Å². The lowest BCUT2D eigenvalue weighted by molar-refractivity contribution is -0.135. The van der Waals surface area contributed by atoms with Gasteiger partial charge in [0.05, 0.1) is 0 Å². The summed E-state index contributed by atoms with van der Waals surface area (Å²) in [6, 6.07) is 0.516. The van der Waals surface area contributed by atoms with Gasteiger partial charge in [-0.05, 0) is 32.5 Å². The number of carbonyl (C=O) groups excluding carboxylic acids is 1.